The maximum absolute atomic E-state index is 10.7. The molecule has 1 aliphatic rings. The largest absolute Gasteiger partial charge is 0.493 e. The van der Waals surface area contributed by atoms with E-state index in [9.17, 15) is 4.79 Å². The molecule has 0 aromatic heterocycles. The molecule has 2 rings (SSSR count). The van der Waals surface area contributed by atoms with Crippen LogP contribution in [-0.2, 0) is 16.1 Å². The Balaban J connectivity index is 1.97. The van der Waals surface area contributed by atoms with E-state index in [2.05, 4.69) is 5.32 Å². The topological polar surface area (TPSA) is 77.0 Å². The van der Waals surface area contributed by atoms with Crippen LogP contribution in [0.5, 0.6) is 11.5 Å². The summed E-state index contributed by atoms with van der Waals surface area (Å²) in [5.41, 5.74) is 0.869. The summed E-state index contributed by atoms with van der Waals surface area (Å²) >= 11 is 0. The van der Waals surface area contributed by atoms with Gasteiger partial charge in [0.2, 0.25) is 0 Å². The van der Waals surface area contributed by atoms with Crippen molar-refractivity contribution in [3.63, 3.8) is 0 Å². The van der Waals surface area contributed by atoms with Crippen molar-refractivity contribution in [3.8, 4) is 11.5 Å². The van der Waals surface area contributed by atoms with Crippen LogP contribution in [0.3, 0.4) is 0 Å². The van der Waals surface area contributed by atoms with Gasteiger partial charge in [-0.1, -0.05) is 12.1 Å². The van der Waals surface area contributed by atoms with Crippen LogP contribution in [0.2, 0.25) is 0 Å². The molecule has 0 bridgehead atoms. The molecule has 1 aromatic rings. The van der Waals surface area contributed by atoms with Gasteiger partial charge in [0.15, 0.2) is 18.1 Å². The smallest absolute Gasteiger partial charge is 0.341 e. The first kappa shape index (κ1) is 15.6. The number of carbonyl (C=O) groups is 1. The lowest BCUT2D eigenvalue weighted by Crippen LogP contribution is -2.26. The number of ether oxygens (including phenoxy) is 3. The Morgan fingerprint density at radius 1 is 1.52 bits per heavy atom. The van der Waals surface area contributed by atoms with E-state index in [-0.39, 0.29) is 12.7 Å². The summed E-state index contributed by atoms with van der Waals surface area (Å²) < 4.78 is 16.1. The molecule has 1 atom stereocenters. The average molecular weight is 295 g/mol. The first-order chi connectivity index (χ1) is 10.2. The Morgan fingerprint density at radius 2 is 2.38 bits per heavy atom. The lowest BCUT2D eigenvalue weighted by atomic mass is 10.1. The minimum Gasteiger partial charge on any atom is -0.493 e. The van der Waals surface area contributed by atoms with Crippen molar-refractivity contribution in [2.45, 2.75) is 25.5 Å². The second-order valence-corrected chi connectivity index (χ2v) is 4.90. The predicted octanol–water partition coefficient (Wildman–Crippen LogP) is 1.43. The number of methoxy groups -OCH3 is 1. The molecule has 1 heterocycles. The van der Waals surface area contributed by atoms with Crippen LogP contribution in [0.25, 0.3) is 0 Å². The van der Waals surface area contributed by atoms with Gasteiger partial charge in [0.1, 0.15) is 0 Å². The fraction of sp³-hybridized carbons (Fsp3) is 0.533. The zero-order chi connectivity index (χ0) is 15.1. The van der Waals surface area contributed by atoms with Crippen LogP contribution in [0.15, 0.2) is 18.2 Å². The second kappa shape index (κ2) is 7.85. The highest BCUT2D eigenvalue weighted by atomic mass is 16.5. The standard InChI is InChI=1S/C15H21NO5/c1-19-13-6-2-4-11(15(13)21-10-14(17)18)8-16-9-12-5-3-7-20-12/h2,4,6,12,16H,3,5,7-10H2,1H3,(H,17,18)/t12-/m0/s1. The quantitative estimate of drug-likeness (QED) is 0.755. The van der Waals surface area contributed by atoms with Gasteiger partial charge in [0.05, 0.1) is 13.2 Å². The Labute approximate surface area is 124 Å². The van der Waals surface area contributed by atoms with Crippen LogP contribution in [0, 0.1) is 0 Å². The summed E-state index contributed by atoms with van der Waals surface area (Å²) in [4.78, 5) is 10.7. The van der Waals surface area contributed by atoms with E-state index in [4.69, 9.17) is 19.3 Å². The molecular formula is C15H21NO5. The molecule has 1 aromatic carbocycles. The van der Waals surface area contributed by atoms with Gasteiger partial charge >= 0.3 is 5.97 Å². The van der Waals surface area contributed by atoms with Crippen molar-refractivity contribution in [3.05, 3.63) is 23.8 Å². The number of hydrogen-bond acceptors (Lipinski definition) is 5. The van der Waals surface area contributed by atoms with E-state index in [0.717, 1.165) is 31.6 Å². The summed E-state index contributed by atoms with van der Waals surface area (Å²) in [6, 6.07) is 5.50. The molecule has 0 radical (unpaired) electrons. The van der Waals surface area contributed by atoms with E-state index < -0.39 is 5.97 Å². The summed E-state index contributed by atoms with van der Waals surface area (Å²) in [6.45, 7) is 1.79. The zero-order valence-electron chi connectivity index (χ0n) is 12.1. The van der Waals surface area contributed by atoms with Crippen LogP contribution in [0.4, 0.5) is 0 Å². The highest BCUT2D eigenvalue weighted by Gasteiger charge is 2.16. The molecule has 0 amide bonds. The monoisotopic (exact) mass is 295 g/mol. The molecule has 0 aliphatic carbocycles. The van der Waals surface area contributed by atoms with E-state index >= 15 is 0 Å². The molecule has 6 heteroatoms. The third kappa shape index (κ3) is 4.61. The molecule has 1 aliphatic heterocycles. The Morgan fingerprint density at radius 3 is 3.05 bits per heavy atom. The molecule has 2 N–H and O–H groups in total. The van der Waals surface area contributed by atoms with Crippen molar-refractivity contribution >= 4 is 5.97 Å². The number of hydrogen-bond donors (Lipinski definition) is 2. The molecule has 116 valence electrons. The second-order valence-electron chi connectivity index (χ2n) is 4.90. The van der Waals surface area contributed by atoms with Gasteiger partial charge in [0, 0.05) is 25.3 Å². The van der Waals surface area contributed by atoms with Gasteiger partial charge in [0.25, 0.3) is 0 Å². The van der Waals surface area contributed by atoms with Crippen LogP contribution in [-0.4, -0.2) is 44.0 Å². The van der Waals surface area contributed by atoms with Crippen LogP contribution in [0.1, 0.15) is 18.4 Å². The molecule has 6 nitrogen and oxygen atoms in total. The van der Waals surface area contributed by atoms with Gasteiger partial charge in [-0.05, 0) is 18.9 Å². The highest BCUT2D eigenvalue weighted by molar-refractivity contribution is 5.68. The van der Waals surface area contributed by atoms with Crippen molar-refractivity contribution in [2.24, 2.45) is 0 Å². The number of carboxylic acid groups (broad SMARTS) is 1. The Hall–Kier alpha value is -1.79. The first-order valence-electron chi connectivity index (χ1n) is 7.03. The number of nitrogens with one attached hydrogen (secondary N) is 1. The van der Waals surface area contributed by atoms with Crippen molar-refractivity contribution in [1.82, 2.24) is 5.32 Å². The summed E-state index contributed by atoms with van der Waals surface area (Å²) in [5.74, 6) is -0.00548. The van der Waals surface area contributed by atoms with E-state index in [1.807, 2.05) is 12.1 Å². The molecule has 21 heavy (non-hydrogen) atoms. The van der Waals surface area contributed by atoms with Crippen molar-refractivity contribution in [1.29, 1.82) is 0 Å². The predicted molar refractivity (Wildman–Crippen MR) is 76.8 cm³/mol. The van der Waals surface area contributed by atoms with E-state index in [1.165, 1.54) is 7.11 Å². The third-order valence-electron chi connectivity index (χ3n) is 3.33. The molecule has 0 unspecified atom stereocenters. The number of para-hydroxylation sites is 1. The highest BCUT2D eigenvalue weighted by Crippen LogP contribution is 2.31. The minimum absolute atomic E-state index is 0.263. The minimum atomic E-state index is -1.01. The third-order valence-corrected chi connectivity index (χ3v) is 3.33. The van der Waals surface area contributed by atoms with Gasteiger partial charge in [-0.15, -0.1) is 0 Å². The van der Waals surface area contributed by atoms with Crippen LogP contribution < -0.4 is 14.8 Å². The SMILES string of the molecule is COc1cccc(CNC[C@@H]2CCCO2)c1OCC(=O)O. The van der Waals surface area contributed by atoms with Gasteiger partial charge in [-0.3, -0.25) is 0 Å². The zero-order valence-corrected chi connectivity index (χ0v) is 12.1. The number of benzene rings is 1. The number of aliphatic carboxylic acids is 1. The first-order valence-corrected chi connectivity index (χ1v) is 7.03. The fourth-order valence-electron chi connectivity index (χ4n) is 2.33. The lowest BCUT2D eigenvalue weighted by Gasteiger charge is -2.15. The summed E-state index contributed by atoms with van der Waals surface area (Å²) in [7, 11) is 1.53. The van der Waals surface area contributed by atoms with Gasteiger partial charge in [-0.2, -0.15) is 0 Å². The van der Waals surface area contributed by atoms with Crippen molar-refractivity contribution < 1.29 is 24.1 Å². The van der Waals surface area contributed by atoms with Gasteiger partial charge in [-0.25, -0.2) is 4.79 Å². The number of carboxylic acids is 1. The number of rotatable bonds is 8. The normalized spacial score (nSPS) is 17.7. The molecule has 0 saturated carbocycles. The summed E-state index contributed by atoms with van der Waals surface area (Å²) in [6.07, 6.45) is 2.45. The van der Waals surface area contributed by atoms with Crippen LogP contribution >= 0.6 is 0 Å². The Kier molecular flexibility index (Phi) is 5.83. The average Bonchev–Trinajstić information content (AvgIpc) is 2.98. The fourth-order valence-corrected chi connectivity index (χ4v) is 2.33. The maximum Gasteiger partial charge on any atom is 0.341 e. The van der Waals surface area contributed by atoms with E-state index in [0.29, 0.717) is 18.0 Å². The molecule has 1 fully saturated rings. The molecule has 1 saturated heterocycles. The molecular weight excluding hydrogens is 274 g/mol. The Bertz CT molecular complexity index is 471. The maximum atomic E-state index is 10.7. The van der Waals surface area contributed by atoms with E-state index in [1.54, 1.807) is 6.07 Å². The molecule has 0 spiro atoms. The lowest BCUT2D eigenvalue weighted by molar-refractivity contribution is -0.139. The van der Waals surface area contributed by atoms with Gasteiger partial charge < -0.3 is 24.6 Å². The van der Waals surface area contributed by atoms with Crippen molar-refractivity contribution in [2.75, 3.05) is 26.9 Å². The summed E-state index contributed by atoms with van der Waals surface area (Å²) in [5, 5.41) is 12.1.